The molecule has 1 aliphatic heterocycles. The molecule has 3 aromatic carbocycles. The summed E-state index contributed by atoms with van der Waals surface area (Å²) in [5.41, 5.74) is 4.63. The Bertz CT molecular complexity index is 1540. The van der Waals surface area contributed by atoms with Crippen molar-refractivity contribution in [2.45, 2.75) is 13.5 Å². The second-order valence-corrected chi connectivity index (χ2v) is 8.19. The predicted octanol–water partition coefficient (Wildman–Crippen LogP) is 4.99. The maximum Gasteiger partial charge on any atom is 0.255 e. The van der Waals surface area contributed by atoms with Gasteiger partial charge >= 0.3 is 0 Å². The molecule has 2 aliphatic rings. The lowest BCUT2D eigenvalue weighted by atomic mass is 10.0. The first-order chi connectivity index (χ1) is 16.0. The molecular weight excluding hydrogens is 412 g/mol. The number of hydrogen-bond donors (Lipinski definition) is 1. The lowest BCUT2D eigenvalue weighted by Gasteiger charge is -2.23. The molecule has 1 aliphatic carbocycles. The van der Waals surface area contributed by atoms with Gasteiger partial charge in [-0.15, -0.1) is 0 Å². The zero-order chi connectivity index (χ0) is 23.1. The number of carbonyl (C=O) groups excluding carboxylic acids is 1. The summed E-state index contributed by atoms with van der Waals surface area (Å²) in [4.78, 5) is 33.7. The van der Waals surface area contributed by atoms with Gasteiger partial charge in [0.2, 0.25) is 5.43 Å². The summed E-state index contributed by atoms with van der Waals surface area (Å²) in [5, 5.41) is 4.22. The third-order valence-corrected chi connectivity index (χ3v) is 5.97. The van der Waals surface area contributed by atoms with Gasteiger partial charge in [-0.3, -0.25) is 9.59 Å². The van der Waals surface area contributed by atoms with Crippen molar-refractivity contribution in [3.63, 3.8) is 0 Å². The number of nitrogens with one attached hydrogen (secondary N) is 1. The maximum atomic E-state index is 13.6. The molecule has 3 aromatic rings. The molecule has 1 amide bonds. The Kier molecular flexibility index (Phi) is 5.05. The van der Waals surface area contributed by atoms with E-state index in [1.165, 1.54) is 0 Å². The third kappa shape index (κ3) is 3.40. The quantitative estimate of drug-likeness (QED) is 0.318. The zero-order valence-corrected chi connectivity index (χ0v) is 18.8. The van der Waals surface area contributed by atoms with Crippen LogP contribution in [-0.2, 0) is 6.54 Å². The molecule has 6 heteroatoms. The summed E-state index contributed by atoms with van der Waals surface area (Å²) < 4.78 is 2.07. The van der Waals surface area contributed by atoms with Crippen LogP contribution in [0.2, 0.25) is 0 Å². The molecular formula is C27H24N4O2. The maximum absolute atomic E-state index is 13.6. The second-order valence-electron chi connectivity index (χ2n) is 8.19. The van der Waals surface area contributed by atoms with E-state index in [4.69, 9.17) is 4.98 Å². The van der Waals surface area contributed by atoms with Crippen LogP contribution in [0.4, 0.5) is 11.4 Å². The number of rotatable bonds is 4. The Hall–Kier alpha value is -4.19. The van der Waals surface area contributed by atoms with Crippen LogP contribution < -0.4 is 15.6 Å². The summed E-state index contributed by atoms with van der Waals surface area (Å²) in [6, 6.07) is 22.4. The van der Waals surface area contributed by atoms with Crippen LogP contribution in [0.15, 0.2) is 77.6 Å². The van der Waals surface area contributed by atoms with Gasteiger partial charge in [-0.2, -0.15) is 0 Å². The second kappa shape index (κ2) is 8.06. The number of fused-ring (bicyclic) bond motifs is 4. The van der Waals surface area contributed by atoms with E-state index >= 15 is 0 Å². The highest BCUT2D eigenvalue weighted by molar-refractivity contribution is 6.10. The fourth-order valence-electron chi connectivity index (χ4n) is 4.31. The number of anilines is 2. The predicted molar refractivity (Wildman–Crippen MR) is 135 cm³/mol. The summed E-state index contributed by atoms with van der Waals surface area (Å²) in [6.07, 6.45) is 0. The van der Waals surface area contributed by atoms with Crippen molar-refractivity contribution >= 4 is 39.1 Å². The van der Waals surface area contributed by atoms with Gasteiger partial charge in [0.05, 0.1) is 22.4 Å². The number of aromatic nitrogens is 2. The van der Waals surface area contributed by atoms with Crippen molar-refractivity contribution in [3.8, 4) is 11.4 Å². The van der Waals surface area contributed by atoms with Crippen molar-refractivity contribution < 1.29 is 4.79 Å². The molecule has 0 saturated heterocycles. The first kappa shape index (κ1) is 20.7. The molecule has 0 bridgehead atoms. The molecule has 164 valence electrons. The highest BCUT2D eigenvalue weighted by Gasteiger charge is 2.25. The molecule has 6 nitrogen and oxygen atoms in total. The Morgan fingerprint density at radius 2 is 1.67 bits per heavy atom. The van der Waals surface area contributed by atoms with Crippen LogP contribution >= 0.6 is 0 Å². The van der Waals surface area contributed by atoms with Gasteiger partial charge in [0.25, 0.3) is 5.91 Å². The van der Waals surface area contributed by atoms with Crippen molar-refractivity contribution in [2.24, 2.45) is 0 Å². The molecule has 0 atom stereocenters. The van der Waals surface area contributed by atoms with Crippen molar-refractivity contribution in [2.75, 3.05) is 24.3 Å². The Morgan fingerprint density at radius 1 is 0.970 bits per heavy atom. The number of nitrogens with zero attached hydrogens (tertiary/aromatic N) is 3. The van der Waals surface area contributed by atoms with Gasteiger partial charge in [0, 0.05) is 42.7 Å². The lowest BCUT2D eigenvalue weighted by Crippen LogP contribution is -2.23. The number of aryl methyl sites for hydroxylation is 1. The van der Waals surface area contributed by atoms with E-state index in [-0.39, 0.29) is 17.0 Å². The minimum atomic E-state index is -0.325. The van der Waals surface area contributed by atoms with Gasteiger partial charge < -0.3 is 14.8 Å². The third-order valence-electron chi connectivity index (χ3n) is 5.97. The first-order valence-electron chi connectivity index (χ1n) is 10.9. The van der Waals surface area contributed by atoms with Crippen molar-refractivity contribution in [1.82, 2.24) is 9.55 Å². The Labute approximate surface area is 191 Å². The molecule has 0 spiro atoms. The molecule has 0 radical (unpaired) electrons. The SMILES string of the molecule is CCn1c2c(NC(=O)c3ccccc3)c(=O)c3ccccc3c-2nc2ccc(N(C)C)cc21. The standard InChI is InChI=1S/C27H24N4O2/c1-4-31-22-16-18(30(2)3)14-15-21(22)28-23-19-12-8-9-13-20(19)26(32)24(25(23)31)29-27(33)17-10-6-5-7-11-17/h5-16H,4H2,1-3H3,(H,29,33). The topological polar surface area (TPSA) is 67.2 Å². The molecule has 33 heavy (non-hydrogen) atoms. The van der Waals surface area contributed by atoms with Gasteiger partial charge in [-0.1, -0.05) is 42.5 Å². The van der Waals surface area contributed by atoms with Crippen molar-refractivity contribution in [1.29, 1.82) is 0 Å². The Morgan fingerprint density at radius 3 is 2.36 bits per heavy atom. The Balaban J connectivity index is 1.88. The van der Waals surface area contributed by atoms with Gasteiger partial charge in [-0.25, -0.2) is 4.98 Å². The summed E-state index contributed by atoms with van der Waals surface area (Å²) >= 11 is 0. The number of carbonyl (C=O) groups is 1. The van der Waals surface area contributed by atoms with E-state index in [2.05, 4.69) is 16.0 Å². The fraction of sp³-hybridized carbons (Fsp3) is 0.148. The molecule has 0 saturated carbocycles. The number of amides is 1. The van der Waals surface area contributed by atoms with Crippen molar-refractivity contribution in [3.05, 3.63) is 88.6 Å². The van der Waals surface area contributed by atoms with Crippen LogP contribution in [0.1, 0.15) is 17.3 Å². The van der Waals surface area contributed by atoms with Crippen LogP contribution in [0, 0.1) is 0 Å². The summed E-state index contributed by atoms with van der Waals surface area (Å²) in [6.45, 7) is 2.64. The average Bonchev–Trinajstić information content (AvgIpc) is 2.85. The van der Waals surface area contributed by atoms with E-state index in [0.717, 1.165) is 22.1 Å². The van der Waals surface area contributed by atoms with E-state index < -0.39 is 0 Å². The fourth-order valence-corrected chi connectivity index (χ4v) is 4.31. The minimum absolute atomic E-state index is 0.213. The first-order valence-corrected chi connectivity index (χ1v) is 10.9. The molecule has 0 aromatic heterocycles. The molecule has 5 rings (SSSR count). The zero-order valence-electron chi connectivity index (χ0n) is 18.8. The van der Waals surface area contributed by atoms with E-state index in [0.29, 0.717) is 28.9 Å². The highest BCUT2D eigenvalue weighted by atomic mass is 16.2. The normalized spacial score (nSPS) is 11.2. The average molecular weight is 437 g/mol. The molecule has 1 heterocycles. The van der Waals surface area contributed by atoms with Gasteiger partial charge in [-0.05, 0) is 37.3 Å². The van der Waals surface area contributed by atoms with Gasteiger partial charge in [0.15, 0.2) is 0 Å². The van der Waals surface area contributed by atoms with E-state index in [1.54, 1.807) is 30.3 Å². The number of hydrogen-bond acceptors (Lipinski definition) is 4. The van der Waals surface area contributed by atoms with E-state index in [1.807, 2.05) is 62.3 Å². The van der Waals surface area contributed by atoms with Crippen LogP contribution in [0.5, 0.6) is 0 Å². The van der Waals surface area contributed by atoms with Crippen LogP contribution in [0.3, 0.4) is 0 Å². The smallest absolute Gasteiger partial charge is 0.255 e. The lowest BCUT2D eigenvalue weighted by molar-refractivity contribution is 0.102. The van der Waals surface area contributed by atoms with Crippen LogP contribution in [0.25, 0.3) is 33.2 Å². The summed E-state index contributed by atoms with van der Waals surface area (Å²) in [7, 11) is 3.97. The summed E-state index contributed by atoms with van der Waals surface area (Å²) in [5.74, 6) is -0.325. The molecule has 0 fully saturated rings. The minimum Gasteiger partial charge on any atom is -0.378 e. The van der Waals surface area contributed by atoms with Gasteiger partial charge in [0.1, 0.15) is 5.69 Å². The molecule has 0 unspecified atom stereocenters. The number of benzene rings is 4. The monoisotopic (exact) mass is 436 g/mol. The highest BCUT2D eigenvalue weighted by Crippen LogP contribution is 2.36. The molecule has 1 N–H and O–H groups in total. The van der Waals surface area contributed by atoms with E-state index in [9.17, 15) is 9.59 Å². The van der Waals surface area contributed by atoms with Crippen LogP contribution in [-0.4, -0.2) is 29.6 Å². The largest absolute Gasteiger partial charge is 0.378 e.